The summed E-state index contributed by atoms with van der Waals surface area (Å²) in [7, 11) is -3.37. The first-order valence-electron chi connectivity index (χ1n) is 9.61. The maximum absolute atomic E-state index is 12.5. The Morgan fingerprint density at radius 2 is 2.08 bits per heavy atom. The molecular weight excluding hydrogens is 370 g/mol. The predicted octanol–water partition coefficient (Wildman–Crippen LogP) is 0.970. The number of sulfonamides is 1. The largest absolute Gasteiger partial charge is 0.351 e. The molecule has 0 bridgehead atoms. The van der Waals surface area contributed by atoms with E-state index in [1.165, 1.54) is 34.9 Å². The van der Waals surface area contributed by atoms with E-state index in [-0.39, 0.29) is 5.91 Å². The Kier molecular flexibility index (Phi) is 8.53. The molecular formula is C18H32N3O3S2+. The number of thiophene rings is 1. The van der Waals surface area contributed by atoms with E-state index in [9.17, 15) is 13.2 Å². The van der Waals surface area contributed by atoms with Crippen LogP contribution in [0, 0.1) is 5.92 Å². The van der Waals surface area contributed by atoms with Crippen molar-refractivity contribution in [3.63, 3.8) is 0 Å². The number of hydrogen-bond donors (Lipinski definition) is 2. The minimum absolute atomic E-state index is 0.0736. The summed E-state index contributed by atoms with van der Waals surface area (Å²) in [6, 6.07) is 3.41. The van der Waals surface area contributed by atoms with Gasteiger partial charge in [-0.15, -0.1) is 11.3 Å². The van der Waals surface area contributed by atoms with E-state index in [2.05, 4.69) is 19.2 Å². The highest BCUT2D eigenvalue weighted by Gasteiger charge is 2.31. The van der Waals surface area contributed by atoms with Crippen molar-refractivity contribution in [1.82, 2.24) is 9.62 Å². The molecule has 2 N–H and O–H groups in total. The molecule has 1 atom stereocenters. The SMILES string of the molecule is CCCC[C@H](CC)CNC(=O)C[NH+]1CCN(S(=O)(=O)c2cccs2)CC1. The van der Waals surface area contributed by atoms with Crippen LogP contribution in [0.25, 0.3) is 0 Å². The first kappa shape index (κ1) is 21.3. The van der Waals surface area contributed by atoms with Crippen molar-refractivity contribution in [3.8, 4) is 0 Å². The fourth-order valence-electron chi connectivity index (χ4n) is 3.25. The first-order chi connectivity index (χ1) is 12.5. The third kappa shape index (κ3) is 6.04. The standard InChI is InChI=1S/C18H31N3O3S2/c1-3-5-7-16(4-2)14-19-17(22)15-20-9-11-21(12-10-20)26(23,24)18-8-6-13-25-18/h6,8,13,16H,3-5,7,9-12,14-15H2,1-2H3,(H,19,22)/p+1/t16-/m0/s1. The monoisotopic (exact) mass is 402 g/mol. The smallest absolute Gasteiger partial charge is 0.275 e. The summed E-state index contributed by atoms with van der Waals surface area (Å²) in [5, 5.41) is 4.84. The molecule has 0 aliphatic carbocycles. The molecule has 1 fully saturated rings. The van der Waals surface area contributed by atoms with E-state index in [1.807, 2.05) is 0 Å². The van der Waals surface area contributed by atoms with Crippen LogP contribution < -0.4 is 10.2 Å². The predicted molar refractivity (Wildman–Crippen MR) is 105 cm³/mol. The van der Waals surface area contributed by atoms with Crippen molar-refractivity contribution in [2.45, 2.75) is 43.7 Å². The molecule has 8 heteroatoms. The van der Waals surface area contributed by atoms with Gasteiger partial charge in [0.25, 0.3) is 15.9 Å². The number of amides is 1. The summed E-state index contributed by atoms with van der Waals surface area (Å²) in [5.74, 6) is 0.631. The van der Waals surface area contributed by atoms with Crippen LogP contribution >= 0.6 is 11.3 Å². The summed E-state index contributed by atoms with van der Waals surface area (Å²) in [6.07, 6.45) is 4.65. The van der Waals surface area contributed by atoms with Crippen LogP contribution in [-0.4, -0.2) is 57.9 Å². The second-order valence-electron chi connectivity index (χ2n) is 6.98. The third-order valence-electron chi connectivity index (χ3n) is 5.06. The number of piperazine rings is 1. The highest BCUT2D eigenvalue weighted by molar-refractivity contribution is 7.91. The lowest BCUT2D eigenvalue weighted by Crippen LogP contribution is -3.15. The number of unbranched alkanes of at least 4 members (excludes halogenated alkanes) is 1. The summed E-state index contributed by atoms with van der Waals surface area (Å²) in [5.41, 5.74) is 0. The van der Waals surface area contributed by atoms with Crippen LogP contribution in [0.15, 0.2) is 21.7 Å². The molecule has 1 amide bonds. The van der Waals surface area contributed by atoms with Gasteiger partial charge in [0, 0.05) is 6.54 Å². The summed E-state index contributed by atoms with van der Waals surface area (Å²) in [6.45, 7) is 7.82. The van der Waals surface area contributed by atoms with Crippen molar-refractivity contribution < 1.29 is 18.1 Å². The molecule has 0 saturated carbocycles. The van der Waals surface area contributed by atoms with Gasteiger partial charge >= 0.3 is 0 Å². The number of carbonyl (C=O) groups excluding carboxylic acids is 1. The van der Waals surface area contributed by atoms with Gasteiger partial charge in [-0.25, -0.2) is 8.42 Å². The average Bonchev–Trinajstić information content (AvgIpc) is 3.18. The van der Waals surface area contributed by atoms with Gasteiger partial charge in [0.15, 0.2) is 6.54 Å². The molecule has 0 unspecified atom stereocenters. The Morgan fingerprint density at radius 3 is 2.65 bits per heavy atom. The quantitative estimate of drug-likeness (QED) is 0.613. The number of hydrogen-bond acceptors (Lipinski definition) is 4. The zero-order valence-electron chi connectivity index (χ0n) is 15.9. The Hall–Kier alpha value is -0.960. The minimum Gasteiger partial charge on any atom is -0.351 e. The van der Waals surface area contributed by atoms with Gasteiger partial charge in [-0.05, 0) is 23.8 Å². The van der Waals surface area contributed by atoms with Gasteiger partial charge in [0.2, 0.25) is 0 Å². The minimum atomic E-state index is -3.37. The maximum Gasteiger partial charge on any atom is 0.275 e. The Bertz CT molecular complexity index is 639. The average molecular weight is 403 g/mol. The van der Waals surface area contributed by atoms with Crippen LogP contribution in [0.3, 0.4) is 0 Å². The Balaban J connectivity index is 1.73. The zero-order chi connectivity index (χ0) is 19.0. The molecule has 1 aliphatic rings. The number of carbonyl (C=O) groups is 1. The van der Waals surface area contributed by atoms with Crippen LogP contribution in [0.5, 0.6) is 0 Å². The molecule has 1 aromatic heterocycles. The van der Waals surface area contributed by atoms with Crippen LogP contribution in [-0.2, 0) is 14.8 Å². The van der Waals surface area contributed by atoms with Gasteiger partial charge in [-0.3, -0.25) is 4.79 Å². The second-order valence-corrected chi connectivity index (χ2v) is 10.1. The second kappa shape index (κ2) is 10.4. The van der Waals surface area contributed by atoms with Gasteiger partial charge in [-0.2, -0.15) is 4.31 Å². The lowest BCUT2D eigenvalue weighted by atomic mass is 9.99. The Morgan fingerprint density at radius 1 is 1.35 bits per heavy atom. The van der Waals surface area contributed by atoms with E-state index in [0.717, 1.165) is 17.9 Å². The van der Waals surface area contributed by atoms with E-state index >= 15 is 0 Å². The molecule has 1 aromatic rings. The van der Waals surface area contributed by atoms with Crippen LogP contribution in [0.2, 0.25) is 0 Å². The lowest BCUT2D eigenvalue weighted by molar-refractivity contribution is -0.895. The Labute approximate surface area is 161 Å². The van der Waals surface area contributed by atoms with E-state index < -0.39 is 10.0 Å². The molecule has 2 heterocycles. The highest BCUT2D eigenvalue weighted by atomic mass is 32.2. The molecule has 0 spiro atoms. The molecule has 2 rings (SSSR count). The lowest BCUT2D eigenvalue weighted by Gasteiger charge is -2.30. The van der Waals surface area contributed by atoms with Crippen molar-refractivity contribution in [3.05, 3.63) is 17.5 Å². The van der Waals surface area contributed by atoms with Gasteiger partial charge in [0.05, 0.1) is 26.2 Å². The van der Waals surface area contributed by atoms with Gasteiger partial charge < -0.3 is 10.2 Å². The number of nitrogens with zero attached hydrogens (tertiary/aromatic N) is 1. The molecule has 6 nitrogen and oxygen atoms in total. The molecule has 26 heavy (non-hydrogen) atoms. The van der Waals surface area contributed by atoms with Crippen LogP contribution in [0.1, 0.15) is 39.5 Å². The van der Waals surface area contributed by atoms with Gasteiger partial charge in [-0.1, -0.05) is 39.2 Å². The molecule has 0 radical (unpaired) electrons. The van der Waals surface area contributed by atoms with Crippen molar-refractivity contribution in [2.75, 3.05) is 39.3 Å². The maximum atomic E-state index is 12.5. The number of rotatable bonds is 10. The third-order valence-corrected chi connectivity index (χ3v) is 8.33. The molecule has 1 saturated heterocycles. The van der Waals surface area contributed by atoms with Crippen molar-refractivity contribution >= 4 is 27.3 Å². The fourth-order valence-corrected chi connectivity index (χ4v) is 5.83. The fraction of sp³-hybridized carbons (Fsp3) is 0.722. The zero-order valence-corrected chi connectivity index (χ0v) is 17.5. The van der Waals surface area contributed by atoms with E-state index in [1.54, 1.807) is 17.5 Å². The van der Waals surface area contributed by atoms with Gasteiger partial charge in [0.1, 0.15) is 4.21 Å². The van der Waals surface area contributed by atoms with E-state index in [4.69, 9.17) is 0 Å². The molecule has 148 valence electrons. The summed E-state index contributed by atoms with van der Waals surface area (Å²) in [4.78, 5) is 13.4. The molecule has 1 aliphatic heterocycles. The number of quaternary nitrogens is 1. The summed E-state index contributed by atoms with van der Waals surface area (Å²) >= 11 is 1.25. The number of nitrogens with one attached hydrogen (secondary N) is 2. The van der Waals surface area contributed by atoms with Crippen LogP contribution in [0.4, 0.5) is 0 Å². The normalized spacial score (nSPS) is 17.9. The van der Waals surface area contributed by atoms with Crippen molar-refractivity contribution in [2.24, 2.45) is 5.92 Å². The summed E-state index contributed by atoms with van der Waals surface area (Å²) < 4.78 is 27.0. The molecule has 0 aromatic carbocycles. The van der Waals surface area contributed by atoms with E-state index in [0.29, 0.717) is 42.9 Å². The van der Waals surface area contributed by atoms with Crippen molar-refractivity contribution in [1.29, 1.82) is 0 Å². The first-order valence-corrected chi connectivity index (χ1v) is 11.9. The topological polar surface area (TPSA) is 70.9 Å². The highest BCUT2D eigenvalue weighted by Crippen LogP contribution is 2.20.